The van der Waals surface area contributed by atoms with E-state index in [9.17, 15) is 9.18 Å². The summed E-state index contributed by atoms with van der Waals surface area (Å²) >= 11 is 5.70. The normalized spacial score (nSPS) is 11.9. The second kappa shape index (κ2) is 9.52. The summed E-state index contributed by atoms with van der Waals surface area (Å²) in [6.45, 7) is 2.15. The predicted molar refractivity (Wildman–Crippen MR) is 82.8 cm³/mol. The standard InChI is InChI=1S/C17H21ClFNO/c1-2-3-4-5-6-7-11-16(21)14(12-20)13-9-8-10-15(18)17(13)19/h8-10,14H,2-7,11H2,1H3. The highest BCUT2D eigenvalue weighted by molar-refractivity contribution is 6.30. The first-order chi connectivity index (χ1) is 10.1. The fraction of sp³-hybridized carbons (Fsp3) is 0.529. The maximum atomic E-state index is 13.9. The molecule has 0 bridgehead atoms. The van der Waals surface area contributed by atoms with E-state index in [0.717, 1.165) is 19.3 Å². The first kappa shape index (κ1) is 17.7. The molecule has 0 radical (unpaired) electrons. The van der Waals surface area contributed by atoms with E-state index in [0.29, 0.717) is 6.42 Å². The first-order valence-electron chi connectivity index (χ1n) is 7.48. The van der Waals surface area contributed by atoms with Crippen LogP contribution in [0.25, 0.3) is 0 Å². The minimum atomic E-state index is -1.06. The number of nitrogens with zero attached hydrogens (tertiary/aromatic N) is 1. The molecular weight excluding hydrogens is 289 g/mol. The lowest BCUT2D eigenvalue weighted by atomic mass is 9.92. The fourth-order valence-electron chi connectivity index (χ4n) is 2.28. The molecule has 1 aromatic carbocycles. The van der Waals surface area contributed by atoms with Gasteiger partial charge in [-0.3, -0.25) is 4.79 Å². The third-order valence-electron chi connectivity index (χ3n) is 3.52. The number of nitriles is 1. The van der Waals surface area contributed by atoms with Gasteiger partial charge in [0.15, 0.2) is 5.78 Å². The Morgan fingerprint density at radius 1 is 1.29 bits per heavy atom. The molecule has 1 atom stereocenters. The predicted octanol–water partition coefficient (Wildman–Crippen LogP) is 5.41. The van der Waals surface area contributed by atoms with E-state index in [-0.39, 0.29) is 16.4 Å². The largest absolute Gasteiger partial charge is 0.298 e. The van der Waals surface area contributed by atoms with Crippen LogP contribution < -0.4 is 0 Å². The smallest absolute Gasteiger partial charge is 0.154 e. The summed E-state index contributed by atoms with van der Waals surface area (Å²) < 4.78 is 13.9. The first-order valence-corrected chi connectivity index (χ1v) is 7.85. The van der Waals surface area contributed by atoms with Gasteiger partial charge < -0.3 is 0 Å². The Hall–Kier alpha value is -1.40. The van der Waals surface area contributed by atoms with Crippen LogP contribution >= 0.6 is 11.6 Å². The lowest BCUT2D eigenvalue weighted by molar-refractivity contribution is -0.119. The highest BCUT2D eigenvalue weighted by atomic mass is 35.5. The molecule has 1 aromatic rings. The Morgan fingerprint density at radius 2 is 1.95 bits per heavy atom. The van der Waals surface area contributed by atoms with E-state index < -0.39 is 11.7 Å². The number of halogens is 2. The second-order valence-electron chi connectivity index (χ2n) is 5.19. The molecular formula is C17H21ClFNO. The van der Waals surface area contributed by atoms with Crippen molar-refractivity contribution in [2.45, 2.75) is 57.8 Å². The minimum absolute atomic E-state index is 0.0554. The quantitative estimate of drug-likeness (QED) is 0.572. The van der Waals surface area contributed by atoms with E-state index in [1.807, 2.05) is 6.07 Å². The molecule has 1 unspecified atom stereocenters. The molecule has 21 heavy (non-hydrogen) atoms. The molecule has 114 valence electrons. The number of unbranched alkanes of at least 4 members (excludes halogenated alkanes) is 5. The van der Waals surface area contributed by atoms with Crippen molar-refractivity contribution in [2.75, 3.05) is 0 Å². The molecule has 0 aliphatic carbocycles. The summed E-state index contributed by atoms with van der Waals surface area (Å²) in [5, 5.41) is 9.10. The van der Waals surface area contributed by atoms with Gasteiger partial charge in [-0.25, -0.2) is 4.39 Å². The Bertz CT molecular complexity index is 510. The van der Waals surface area contributed by atoms with Crippen molar-refractivity contribution in [1.82, 2.24) is 0 Å². The molecule has 4 heteroatoms. The van der Waals surface area contributed by atoms with Gasteiger partial charge in [-0.15, -0.1) is 0 Å². The van der Waals surface area contributed by atoms with Crippen LogP contribution in [0.2, 0.25) is 5.02 Å². The number of rotatable bonds is 9. The lowest BCUT2D eigenvalue weighted by Gasteiger charge is -2.10. The number of Topliss-reactive ketones (excluding diaryl/α,β-unsaturated/α-hetero) is 1. The van der Waals surface area contributed by atoms with Crippen LogP contribution in [0.3, 0.4) is 0 Å². The van der Waals surface area contributed by atoms with Crippen molar-refractivity contribution in [3.05, 3.63) is 34.6 Å². The van der Waals surface area contributed by atoms with Crippen LogP contribution in [0.5, 0.6) is 0 Å². The number of carbonyl (C=O) groups excluding carboxylic acids is 1. The van der Waals surface area contributed by atoms with Crippen molar-refractivity contribution in [3.63, 3.8) is 0 Å². The third kappa shape index (κ3) is 5.47. The van der Waals surface area contributed by atoms with Crippen molar-refractivity contribution < 1.29 is 9.18 Å². The minimum Gasteiger partial charge on any atom is -0.298 e. The Balaban J connectivity index is 2.54. The molecule has 0 heterocycles. The second-order valence-corrected chi connectivity index (χ2v) is 5.60. The summed E-state index contributed by atoms with van der Waals surface area (Å²) in [5.74, 6) is -1.95. The van der Waals surface area contributed by atoms with Crippen molar-refractivity contribution in [1.29, 1.82) is 5.26 Å². The summed E-state index contributed by atoms with van der Waals surface area (Å²) in [7, 11) is 0. The highest BCUT2D eigenvalue weighted by Crippen LogP contribution is 2.26. The molecule has 0 saturated carbocycles. The molecule has 0 amide bonds. The van der Waals surface area contributed by atoms with Crippen LogP contribution in [0, 0.1) is 17.1 Å². The van der Waals surface area contributed by atoms with Crippen LogP contribution in [0.1, 0.15) is 63.4 Å². The SMILES string of the molecule is CCCCCCCCC(=O)C(C#N)c1cccc(Cl)c1F. The van der Waals surface area contributed by atoms with Crippen LogP contribution in [-0.2, 0) is 4.79 Å². The van der Waals surface area contributed by atoms with Gasteiger partial charge in [-0.05, 0) is 12.5 Å². The zero-order valence-corrected chi connectivity index (χ0v) is 13.1. The average Bonchev–Trinajstić information content (AvgIpc) is 2.48. The van der Waals surface area contributed by atoms with Gasteiger partial charge in [0.2, 0.25) is 0 Å². The molecule has 0 spiro atoms. The molecule has 1 rings (SSSR count). The molecule has 2 nitrogen and oxygen atoms in total. The van der Waals surface area contributed by atoms with Crippen LogP contribution in [-0.4, -0.2) is 5.78 Å². The topological polar surface area (TPSA) is 40.9 Å². The molecule has 0 saturated heterocycles. The highest BCUT2D eigenvalue weighted by Gasteiger charge is 2.23. The zero-order valence-electron chi connectivity index (χ0n) is 12.4. The van der Waals surface area contributed by atoms with Crippen molar-refractivity contribution >= 4 is 17.4 Å². The van der Waals surface area contributed by atoms with Gasteiger partial charge in [0.05, 0.1) is 11.1 Å². The van der Waals surface area contributed by atoms with E-state index in [1.54, 1.807) is 6.07 Å². The number of carbonyl (C=O) groups is 1. The maximum Gasteiger partial charge on any atom is 0.154 e. The van der Waals surface area contributed by atoms with Crippen molar-refractivity contribution in [2.24, 2.45) is 0 Å². The summed E-state index contributed by atoms with van der Waals surface area (Å²) in [6.07, 6.45) is 6.71. The summed E-state index contributed by atoms with van der Waals surface area (Å²) in [5.41, 5.74) is 0.0842. The Labute approximate surface area is 130 Å². The number of hydrogen-bond acceptors (Lipinski definition) is 2. The molecule has 0 aromatic heterocycles. The Kier molecular flexibility index (Phi) is 8.00. The van der Waals surface area contributed by atoms with Gasteiger partial charge in [-0.2, -0.15) is 5.26 Å². The zero-order chi connectivity index (χ0) is 15.7. The number of hydrogen-bond donors (Lipinski definition) is 0. The van der Waals surface area contributed by atoms with E-state index in [1.165, 1.54) is 31.4 Å². The van der Waals surface area contributed by atoms with Gasteiger partial charge in [-0.1, -0.05) is 62.8 Å². The van der Waals surface area contributed by atoms with Gasteiger partial charge in [0.25, 0.3) is 0 Å². The van der Waals surface area contributed by atoms with E-state index >= 15 is 0 Å². The van der Waals surface area contributed by atoms with Gasteiger partial charge in [0, 0.05) is 12.0 Å². The Morgan fingerprint density at radius 3 is 2.62 bits per heavy atom. The summed E-state index contributed by atoms with van der Waals surface area (Å²) in [4.78, 5) is 12.1. The van der Waals surface area contributed by atoms with Crippen LogP contribution in [0.15, 0.2) is 18.2 Å². The number of ketones is 1. The van der Waals surface area contributed by atoms with E-state index in [4.69, 9.17) is 16.9 Å². The van der Waals surface area contributed by atoms with Crippen LogP contribution in [0.4, 0.5) is 4.39 Å². The molecule has 0 aliphatic rings. The molecule has 0 aliphatic heterocycles. The maximum absolute atomic E-state index is 13.9. The van der Waals surface area contributed by atoms with E-state index in [2.05, 4.69) is 6.92 Å². The molecule has 0 fully saturated rings. The third-order valence-corrected chi connectivity index (χ3v) is 3.81. The fourth-order valence-corrected chi connectivity index (χ4v) is 2.46. The lowest BCUT2D eigenvalue weighted by Crippen LogP contribution is -2.12. The average molecular weight is 310 g/mol. The number of benzene rings is 1. The monoisotopic (exact) mass is 309 g/mol. The molecule has 0 N–H and O–H groups in total. The summed E-state index contributed by atoms with van der Waals surface area (Å²) in [6, 6.07) is 6.32. The van der Waals surface area contributed by atoms with Crippen molar-refractivity contribution in [3.8, 4) is 6.07 Å². The van der Waals surface area contributed by atoms with Gasteiger partial charge in [0.1, 0.15) is 11.7 Å². The van der Waals surface area contributed by atoms with Gasteiger partial charge >= 0.3 is 0 Å².